The van der Waals surface area contributed by atoms with Crippen molar-refractivity contribution in [3.05, 3.63) is 28.7 Å². The molecule has 0 radical (unpaired) electrons. The molecule has 21 heavy (non-hydrogen) atoms. The first kappa shape index (κ1) is 16.0. The molecule has 112 valence electrons. The minimum atomic E-state index is -0.474. The molecule has 0 unspecified atom stereocenters. The van der Waals surface area contributed by atoms with Gasteiger partial charge >= 0.3 is 5.97 Å². The number of carbonyl (C=O) groups excluding carboxylic acids is 1. The van der Waals surface area contributed by atoms with E-state index in [9.17, 15) is 4.79 Å². The van der Waals surface area contributed by atoms with E-state index < -0.39 is 5.60 Å². The molecule has 0 aliphatic carbocycles. The van der Waals surface area contributed by atoms with Crippen LogP contribution in [0.1, 0.15) is 20.8 Å². The van der Waals surface area contributed by atoms with Crippen LogP contribution in [-0.2, 0) is 9.53 Å². The van der Waals surface area contributed by atoms with Gasteiger partial charge in [0.25, 0.3) is 0 Å². The van der Waals surface area contributed by atoms with Crippen LogP contribution in [-0.4, -0.2) is 32.5 Å². The Morgan fingerprint density at radius 3 is 2.86 bits per heavy atom. The van der Waals surface area contributed by atoms with Gasteiger partial charge in [0.15, 0.2) is 5.82 Å². The maximum absolute atomic E-state index is 11.6. The van der Waals surface area contributed by atoms with E-state index in [1.807, 2.05) is 45.0 Å². The third-order valence-corrected chi connectivity index (χ3v) is 3.62. The van der Waals surface area contributed by atoms with Gasteiger partial charge in [-0.2, -0.15) is 0 Å². The van der Waals surface area contributed by atoms with Crippen molar-refractivity contribution in [1.82, 2.24) is 15.2 Å². The molecule has 0 fully saturated rings. The summed E-state index contributed by atoms with van der Waals surface area (Å²) < 4.78 is 6.21. The van der Waals surface area contributed by atoms with Crippen molar-refractivity contribution in [1.29, 1.82) is 0 Å². The maximum Gasteiger partial charge on any atom is 0.316 e. The molecule has 0 saturated heterocycles. The lowest BCUT2D eigenvalue weighted by atomic mass is 10.2. The van der Waals surface area contributed by atoms with Gasteiger partial charge in [-0.25, -0.2) is 4.98 Å². The summed E-state index contributed by atoms with van der Waals surface area (Å²) in [5.41, 5.74) is 0.457. The van der Waals surface area contributed by atoms with Crippen molar-refractivity contribution in [3.8, 4) is 11.4 Å². The minimum absolute atomic E-state index is 0.188. The molecule has 0 bridgehead atoms. The lowest BCUT2D eigenvalue weighted by molar-refractivity contribution is -0.151. The molecule has 2 aromatic rings. The van der Waals surface area contributed by atoms with Gasteiger partial charge in [0, 0.05) is 10.0 Å². The van der Waals surface area contributed by atoms with E-state index in [0.717, 1.165) is 10.0 Å². The molecule has 1 aromatic heterocycles. The summed E-state index contributed by atoms with van der Waals surface area (Å²) >= 11 is 4.66. The summed E-state index contributed by atoms with van der Waals surface area (Å²) in [6.45, 7) is 5.52. The second-order valence-corrected chi connectivity index (χ2v) is 7.21. The Kier molecular flexibility index (Phi) is 5.05. The Hall–Kier alpha value is -1.34. The number of H-pyrrole nitrogens is 1. The van der Waals surface area contributed by atoms with Gasteiger partial charge in [0.1, 0.15) is 5.60 Å². The summed E-state index contributed by atoms with van der Waals surface area (Å²) in [4.78, 5) is 16.0. The highest BCUT2D eigenvalue weighted by Gasteiger charge is 2.17. The van der Waals surface area contributed by atoms with Crippen LogP contribution in [0.2, 0.25) is 0 Å². The monoisotopic (exact) mass is 369 g/mol. The van der Waals surface area contributed by atoms with Gasteiger partial charge in [0.05, 0.1) is 5.75 Å². The van der Waals surface area contributed by atoms with Crippen LogP contribution in [0.15, 0.2) is 33.9 Å². The second kappa shape index (κ2) is 6.62. The molecule has 5 nitrogen and oxygen atoms in total. The highest BCUT2D eigenvalue weighted by atomic mass is 79.9. The van der Waals surface area contributed by atoms with Crippen LogP contribution in [0.3, 0.4) is 0 Å². The number of rotatable bonds is 4. The molecule has 2 rings (SSSR count). The summed E-state index contributed by atoms with van der Waals surface area (Å²) in [7, 11) is 0. The zero-order valence-corrected chi connectivity index (χ0v) is 14.4. The molecule has 0 aliphatic rings. The second-order valence-electron chi connectivity index (χ2n) is 5.35. The number of esters is 1. The van der Waals surface area contributed by atoms with Gasteiger partial charge in [-0.3, -0.25) is 9.89 Å². The molecule has 0 atom stereocenters. The van der Waals surface area contributed by atoms with E-state index >= 15 is 0 Å². The average Bonchev–Trinajstić information content (AvgIpc) is 2.83. The predicted octanol–water partition coefficient (Wildman–Crippen LogP) is 3.67. The highest BCUT2D eigenvalue weighted by Crippen LogP contribution is 2.22. The maximum atomic E-state index is 11.6. The van der Waals surface area contributed by atoms with Crippen LogP contribution >= 0.6 is 27.7 Å². The van der Waals surface area contributed by atoms with E-state index in [1.54, 1.807) is 0 Å². The topological polar surface area (TPSA) is 67.9 Å². The van der Waals surface area contributed by atoms with Crippen molar-refractivity contribution >= 4 is 33.7 Å². The number of carbonyl (C=O) groups is 1. The number of nitrogens with one attached hydrogen (secondary N) is 1. The lowest BCUT2D eigenvalue weighted by Crippen LogP contribution is -2.24. The Morgan fingerprint density at radius 1 is 1.43 bits per heavy atom. The SMILES string of the molecule is CC(C)(C)OC(=O)CSc1n[nH]c(-c2cccc(Br)c2)n1. The highest BCUT2D eigenvalue weighted by molar-refractivity contribution is 9.10. The Morgan fingerprint density at radius 2 is 2.19 bits per heavy atom. The van der Waals surface area contributed by atoms with Crippen LogP contribution in [0.5, 0.6) is 0 Å². The fourth-order valence-corrected chi connectivity index (χ4v) is 2.54. The van der Waals surface area contributed by atoms with Crippen molar-refractivity contribution < 1.29 is 9.53 Å². The molecule has 0 saturated carbocycles. The standard InChI is InChI=1S/C14H16BrN3O2S/c1-14(2,3)20-11(19)8-21-13-16-12(17-18-13)9-5-4-6-10(15)7-9/h4-7H,8H2,1-3H3,(H,16,17,18). The van der Waals surface area contributed by atoms with Gasteiger partial charge in [-0.15, -0.1) is 5.10 Å². The first-order valence-electron chi connectivity index (χ1n) is 6.36. The number of hydrogen-bond donors (Lipinski definition) is 1. The number of aromatic amines is 1. The predicted molar refractivity (Wildman–Crippen MR) is 86.1 cm³/mol. The Balaban J connectivity index is 1.96. The lowest BCUT2D eigenvalue weighted by Gasteiger charge is -2.18. The number of benzene rings is 1. The van der Waals surface area contributed by atoms with E-state index in [4.69, 9.17) is 4.74 Å². The minimum Gasteiger partial charge on any atom is -0.459 e. The molecule has 0 amide bonds. The van der Waals surface area contributed by atoms with Crippen LogP contribution in [0, 0.1) is 0 Å². The van der Waals surface area contributed by atoms with Crippen molar-refractivity contribution in [3.63, 3.8) is 0 Å². The van der Waals surface area contributed by atoms with E-state index in [-0.39, 0.29) is 11.7 Å². The normalized spacial score (nSPS) is 11.4. The van der Waals surface area contributed by atoms with E-state index in [2.05, 4.69) is 31.1 Å². The Labute approximate surface area is 136 Å². The van der Waals surface area contributed by atoms with E-state index in [1.165, 1.54) is 11.8 Å². The zero-order valence-electron chi connectivity index (χ0n) is 12.0. The smallest absolute Gasteiger partial charge is 0.316 e. The molecule has 0 spiro atoms. The third-order valence-electron chi connectivity index (χ3n) is 2.30. The summed E-state index contributed by atoms with van der Waals surface area (Å²) in [5, 5.41) is 7.48. The number of aromatic nitrogens is 3. The summed E-state index contributed by atoms with van der Waals surface area (Å²) in [6.07, 6.45) is 0. The molecule has 7 heteroatoms. The largest absolute Gasteiger partial charge is 0.459 e. The average molecular weight is 370 g/mol. The van der Waals surface area contributed by atoms with Gasteiger partial charge in [0.2, 0.25) is 5.16 Å². The molecule has 1 aromatic carbocycles. The number of thioether (sulfide) groups is 1. The molecular weight excluding hydrogens is 354 g/mol. The first-order valence-corrected chi connectivity index (χ1v) is 8.14. The molecule has 1 heterocycles. The van der Waals surface area contributed by atoms with Crippen molar-refractivity contribution in [2.24, 2.45) is 0 Å². The quantitative estimate of drug-likeness (QED) is 0.657. The van der Waals surface area contributed by atoms with Crippen LogP contribution < -0.4 is 0 Å². The number of ether oxygens (including phenoxy) is 1. The third kappa shape index (κ3) is 5.17. The zero-order chi connectivity index (χ0) is 15.5. The Bertz CT molecular complexity index is 637. The van der Waals surface area contributed by atoms with Crippen molar-refractivity contribution in [2.75, 3.05) is 5.75 Å². The summed E-state index contributed by atoms with van der Waals surface area (Å²) in [6, 6.07) is 7.75. The first-order chi connectivity index (χ1) is 9.83. The van der Waals surface area contributed by atoms with Gasteiger partial charge < -0.3 is 4.74 Å². The van der Waals surface area contributed by atoms with Crippen LogP contribution in [0.25, 0.3) is 11.4 Å². The molecule has 1 N–H and O–H groups in total. The fourth-order valence-electron chi connectivity index (χ4n) is 1.57. The van der Waals surface area contributed by atoms with Crippen molar-refractivity contribution in [2.45, 2.75) is 31.5 Å². The molecule has 0 aliphatic heterocycles. The van der Waals surface area contributed by atoms with Gasteiger partial charge in [-0.1, -0.05) is 39.8 Å². The summed E-state index contributed by atoms with van der Waals surface area (Å²) in [5.74, 6) is 0.580. The van der Waals surface area contributed by atoms with Crippen LogP contribution in [0.4, 0.5) is 0 Å². The number of hydrogen-bond acceptors (Lipinski definition) is 5. The fraction of sp³-hybridized carbons (Fsp3) is 0.357. The number of nitrogens with zero attached hydrogens (tertiary/aromatic N) is 2. The van der Waals surface area contributed by atoms with E-state index in [0.29, 0.717) is 11.0 Å². The molecular formula is C14H16BrN3O2S. The number of halogens is 1. The van der Waals surface area contributed by atoms with Gasteiger partial charge in [-0.05, 0) is 32.9 Å².